The van der Waals surface area contributed by atoms with Crippen LogP contribution in [-0.2, 0) is 26.6 Å². The van der Waals surface area contributed by atoms with Crippen LogP contribution in [0.4, 0.5) is 0 Å². The minimum Gasteiger partial charge on any atom is -0.348 e. The van der Waals surface area contributed by atoms with Gasteiger partial charge in [0.1, 0.15) is 0 Å². The van der Waals surface area contributed by atoms with E-state index in [4.69, 9.17) is 0 Å². The Bertz CT molecular complexity index is 1190. The second-order valence-corrected chi connectivity index (χ2v) is 11.4. The monoisotopic (exact) mass is 465 g/mol. The summed E-state index contributed by atoms with van der Waals surface area (Å²) < 4.78 is 54.7. The SMILES string of the molecule is Cc1ccc(S(=O)(=O)NC2CC2)cc1C(=O)NCc1cccc(S(=O)(=O)NC(C)C)c1. The first-order valence-electron chi connectivity index (χ1n) is 10.0. The van der Waals surface area contributed by atoms with Crippen molar-refractivity contribution in [3.8, 4) is 0 Å². The zero-order chi connectivity index (χ0) is 22.8. The number of amides is 1. The van der Waals surface area contributed by atoms with Gasteiger partial charge in [0.2, 0.25) is 20.0 Å². The number of sulfonamides is 2. The summed E-state index contributed by atoms with van der Waals surface area (Å²) in [4.78, 5) is 12.9. The summed E-state index contributed by atoms with van der Waals surface area (Å²) in [6, 6.07) is 10.5. The van der Waals surface area contributed by atoms with Crippen LogP contribution in [0.3, 0.4) is 0 Å². The van der Waals surface area contributed by atoms with E-state index in [2.05, 4.69) is 14.8 Å². The molecule has 8 nitrogen and oxygen atoms in total. The molecule has 0 unspecified atom stereocenters. The molecule has 1 fully saturated rings. The Labute approximate surface area is 183 Å². The predicted octanol–water partition coefficient (Wildman–Crippen LogP) is 2.05. The number of nitrogens with one attached hydrogen (secondary N) is 3. The first kappa shape index (κ1) is 23.4. The first-order chi connectivity index (χ1) is 14.5. The quantitative estimate of drug-likeness (QED) is 0.523. The second-order valence-electron chi connectivity index (χ2n) is 7.98. The highest BCUT2D eigenvalue weighted by Crippen LogP contribution is 2.23. The van der Waals surface area contributed by atoms with E-state index >= 15 is 0 Å². The van der Waals surface area contributed by atoms with Crippen LogP contribution in [0.25, 0.3) is 0 Å². The standard InChI is InChI=1S/C21H27N3O5S2/c1-14(2)23-30(26,27)18-6-4-5-16(11-18)13-22-21(25)20-12-19(10-7-15(20)3)31(28,29)24-17-8-9-17/h4-7,10-12,14,17,23-24H,8-9,13H2,1-3H3,(H,22,25). The Morgan fingerprint density at radius 3 is 2.32 bits per heavy atom. The summed E-state index contributed by atoms with van der Waals surface area (Å²) in [6.45, 7) is 5.29. The molecule has 0 saturated heterocycles. The van der Waals surface area contributed by atoms with Gasteiger partial charge in [-0.1, -0.05) is 18.2 Å². The maximum Gasteiger partial charge on any atom is 0.251 e. The molecule has 0 aliphatic heterocycles. The van der Waals surface area contributed by atoms with E-state index in [1.165, 1.54) is 24.3 Å². The van der Waals surface area contributed by atoms with Gasteiger partial charge < -0.3 is 5.32 Å². The maximum absolute atomic E-state index is 12.7. The Kier molecular flexibility index (Phi) is 6.85. The van der Waals surface area contributed by atoms with Crippen molar-refractivity contribution in [1.29, 1.82) is 0 Å². The Morgan fingerprint density at radius 2 is 1.68 bits per heavy atom. The van der Waals surface area contributed by atoms with Crippen molar-refractivity contribution in [3.05, 3.63) is 59.2 Å². The highest BCUT2D eigenvalue weighted by molar-refractivity contribution is 7.89. The topological polar surface area (TPSA) is 121 Å². The summed E-state index contributed by atoms with van der Waals surface area (Å²) in [7, 11) is -7.32. The summed E-state index contributed by atoms with van der Waals surface area (Å²) in [5.41, 5.74) is 1.50. The Hall–Kier alpha value is -2.27. The summed E-state index contributed by atoms with van der Waals surface area (Å²) >= 11 is 0. The summed E-state index contributed by atoms with van der Waals surface area (Å²) in [5.74, 6) is -0.436. The molecule has 3 N–H and O–H groups in total. The van der Waals surface area contributed by atoms with Gasteiger partial charge >= 0.3 is 0 Å². The number of aryl methyl sites for hydroxylation is 1. The van der Waals surface area contributed by atoms with Crippen molar-refractivity contribution >= 4 is 26.0 Å². The van der Waals surface area contributed by atoms with Gasteiger partial charge in [0, 0.05) is 24.2 Å². The zero-order valence-corrected chi connectivity index (χ0v) is 19.3. The maximum atomic E-state index is 12.7. The molecule has 0 radical (unpaired) electrons. The van der Waals surface area contributed by atoms with Gasteiger partial charge in [-0.3, -0.25) is 4.79 Å². The number of rotatable bonds is 9. The van der Waals surface area contributed by atoms with Gasteiger partial charge in [-0.25, -0.2) is 26.3 Å². The lowest BCUT2D eigenvalue weighted by Gasteiger charge is -2.12. The molecule has 1 amide bonds. The van der Waals surface area contributed by atoms with Crippen LogP contribution in [0.2, 0.25) is 0 Å². The number of hydrogen-bond acceptors (Lipinski definition) is 5. The van der Waals surface area contributed by atoms with Crippen molar-refractivity contribution in [2.24, 2.45) is 0 Å². The third kappa shape index (κ3) is 6.13. The average Bonchev–Trinajstić information content (AvgIpc) is 3.49. The van der Waals surface area contributed by atoms with E-state index in [1.54, 1.807) is 39.0 Å². The molecular weight excluding hydrogens is 438 g/mol. The van der Waals surface area contributed by atoms with Crippen molar-refractivity contribution in [2.45, 2.75) is 62.0 Å². The van der Waals surface area contributed by atoms with Crippen LogP contribution in [-0.4, -0.2) is 34.8 Å². The van der Waals surface area contributed by atoms with Crippen molar-refractivity contribution in [3.63, 3.8) is 0 Å². The van der Waals surface area contributed by atoms with Crippen LogP contribution >= 0.6 is 0 Å². The lowest BCUT2D eigenvalue weighted by Crippen LogP contribution is -2.30. The second kappa shape index (κ2) is 9.07. The molecule has 0 heterocycles. The number of carbonyl (C=O) groups is 1. The fraction of sp³-hybridized carbons (Fsp3) is 0.381. The van der Waals surface area contributed by atoms with Crippen LogP contribution in [0, 0.1) is 6.92 Å². The molecule has 31 heavy (non-hydrogen) atoms. The molecule has 1 saturated carbocycles. The smallest absolute Gasteiger partial charge is 0.251 e. The fourth-order valence-corrected chi connectivity index (χ4v) is 5.63. The molecule has 1 aliphatic rings. The highest BCUT2D eigenvalue weighted by Gasteiger charge is 2.28. The van der Waals surface area contributed by atoms with E-state index < -0.39 is 26.0 Å². The summed E-state index contributed by atoms with van der Waals surface area (Å²) in [6.07, 6.45) is 1.64. The van der Waals surface area contributed by atoms with Crippen molar-refractivity contribution in [2.75, 3.05) is 0 Å². The Morgan fingerprint density at radius 1 is 1.00 bits per heavy atom. The lowest BCUT2D eigenvalue weighted by molar-refractivity contribution is 0.0950. The van der Waals surface area contributed by atoms with Gasteiger partial charge in [-0.05, 0) is 69.0 Å². The molecule has 168 valence electrons. The number of hydrogen-bond donors (Lipinski definition) is 3. The normalized spacial score (nSPS) is 14.6. The molecule has 0 aromatic heterocycles. The molecule has 2 aromatic carbocycles. The van der Waals surface area contributed by atoms with Crippen LogP contribution in [0.15, 0.2) is 52.3 Å². The largest absolute Gasteiger partial charge is 0.348 e. The highest BCUT2D eigenvalue weighted by atomic mass is 32.2. The van der Waals surface area contributed by atoms with E-state index in [-0.39, 0.29) is 34.0 Å². The van der Waals surface area contributed by atoms with Crippen LogP contribution in [0.1, 0.15) is 48.2 Å². The van der Waals surface area contributed by atoms with E-state index in [0.717, 1.165) is 12.8 Å². The first-order valence-corrected chi connectivity index (χ1v) is 13.0. The molecule has 3 rings (SSSR count). The third-order valence-corrected chi connectivity index (χ3v) is 7.89. The summed E-state index contributed by atoms with van der Waals surface area (Å²) in [5, 5.41) is 2.74. The van der Waals surface area contributed by atoms with E-state index in [1.807, 2.05) is 0 Å². The van der Waals surface area contributed by atoms with E-state index in [0.29, 0.717) is 11.1 Å². The third-order valence-electron chi connectivity index (χ3n) is 4.72. The van der Waals surface area contributed by atoms with Gasteiger partial charge in [0.05, 0.1) is 9.79 Å². The Balaban J connectivity index is 1.74. The molecular formula is C21H27N3O5S2. The van der Waals surface area contributed by atoms with Crippen molar-refractivity contribution < 1.29 is 21.6 Å². The van der Waals surface area contributed by atoms with Gasteiger partial charge in [0.25, 0.3) is 5.91 Å². The minimum absolute atomic E-state index is 0.0303. The number of benzene rings is 2. The van der Waals surface area contributed by atoms with Crippen LogP contribution < -0.4 is 14.8 Å². The predicted molar refractivity (Wildman–Crippen MR) is 118 cm³/mol. The molecule has 0 atom stereocenters. The van der Waals surface area contributed by atoms with Gasteiger partial charge in [-0.15, -0.1) is 0 Å². The minimum atomic E-state index is -3.67. The molecule has 1 aliphatic carbocycles. The fourth-order valence-electron chi connectivity index (χ4n) is 2.98. The zero-order valence-electron chi connectivity index (χ0n) is 17.7. The average molecular weight is 466 g/mol. The van der Waals surface area contributed by atoms with E-state index in [9.17, 15) is 21.6 Å². The van der Waals surface area contributed by atoms with Gasteiger partial charge in [0.15, 0.2) is 0 Å². The van der Waals surface area contributed by atoms with Crippen molar-refractivity contribution in [1.82, 2.24) is 14.8 Å². The number of carbonyl (C=O) groups excluding carboxylic acids is 1. The molecule has 0 bridgehead atoms. The lowest BCUT2D eigenvalue weighted by atomic mass is 10.1. The molecule has 0 spiro atoms. The molecule has 10 heteroatoms. The van der Waals surface area contributed by atoms with Crippen LogP contribution in [0.5, 0.6) is 0 Å². The van der Waals surface area contributed by atoms with Gasteiger partial charge in [-0.2, -0.15) is 0 Å². The molecule has 2 aromatic rings.